The van der Waals surface area contributed by atoms with Crippen LogP contribution in [0.1, 0.15) is 38.2 Å². The summed E-state index contributed by atoms with van der Waals surface area (Å²) in [6.07, 6.45) is 1.72. The summed E-state index contributed by atoms with van der Waals surface area (Å²) in [5, 5.41) is 0. The van der Waals surface area contributed by atoms with Crippen molar-refractivity contribution in [3.05, 3.63) is 20.6 Å². The van der Waals surface area contributed by atoms with Crippen LogP contribution in [0.5, 0.6) is 0 Å². The summed E-state index contributed by atoms with van der Waals surface area (Å²) >= 11 is 8.61. The van der Waals surface area contributed by atoms with Crippen molar-refractivity contribution in [1.29, 1.82) is 0 Å². The fourth-order valence-electron chi connectivity index (χ4n) is 1.76. The van der Waals surface area contributed by atoms with E-state index in [0.717, 1.165) is 28.8 Å². The summed E-state index contributed by atoms with van der Waals surface area (Å²) in [4.78, 5) is 7.67. The number of hydrogen-bond donors (Lipinski definition) is 1. The van der Waals surface area contributed by atoms with Crippen LogP contribution in [0.3, 0.4) is 0 Å². The summed E-state index contributed by atoms with van der Waals surface area (Å²) in [6, 6.07) is 0. The Morgan fingerprint density at radius 1 is 1.44 bits per heavy atom. The number of nitrogens with one attached hydrogen (secondary N) is 1. The molecule has 0 unspecified atom stereocenters. The van der Waals surface area contributed by atoms with Gasteiger partial charge in [-0.15, -0.1) is 0 Å². The predicted octanol–water partition coefficient (Wildman–Crippen LogP) is 3.87. The van der Waals surface area contributed by atoms with Gasteiger partial charge in [0.1, 0.15) is 16.1 Å². The molecule has 5 heteroatoms. The van der Waals surface area contributed by atoms with Gasteiger partial charge in [-0.05, 0) is 35.7 Å². The van der Waals surface area contributed by atoms with Gasteiger partial charge in [0.05, 0.1) is 4.47 Å². The molecule has 0 bridgehead atoms. The largest absolute Gasteiger partial charge is 0.370 e. The Balaban J connectivity index is 3.37. The highest BCUT2D eigenvalue weighted by molar-refractivity contribution is 9.10. The molecule has 1 aromatic heterocycles. The third-order valence-corrected chi connectivity index (χ3v) is 4.53. The van der Waals surface area contributed by atoms with Crippen molar-refractivity contribution < 1.29 is 4.74 Å². The highest BCUT2D eigenvalue weighted by Crippen LogP contribution is 2.30. The van der Waals surface area contributed by atoms with E-state index in [4.69, 9.17) is 17.0 Å². The molecule has 1 aromatic rings. The lowest BCUT2D eigenvalue weighted by Gasteiger charge is -2.29. The summed E-state index contributed by atoms with van der Waals surface area (Å²) < 4.78 is 7.05. The maximum absolute atomic E-state index is 5.62. The van der Waals surface area contributed by atoms with E-state index in [9.17, 15) is 0 Å². The molecule has 0 atom stereocenters. The number of halogens is 1. The number of aromatic amines is 1. The van der Waals surface area contributed by atoms with Crippen molar-refractivity contribution in [3.8, 4) is 0 Å². The van der Waals surface area contributed by atoms with E-state index >= 15 is 0 Å². The molecule has 1 N–H and O–H groups in total. The molecule has 0 spiro atoms. The first-order valence-corrected chi connectivity index (χ1v) is 6.53. The molecule has 0 aromatic carbocycles. The zero-order chi connectivity index (χ0) is 12.3. The molecule has 1 heterocycles. The molecule has 16 heavy (non-hydrogen) atoms. The van der Waals surface area contributed by atoms with Crippen molar-refractivity contribution in [2.75, 3.05) is 7.11 Å². The van der Waals surface area contributed by atoms with Crippen LogP contribution in [0.4, 0.5) is 0 Å². The average molecular weight is 305 g/mol. The first-order valence-electron chi connectivity index (χ1n) is 5.32. The van der Waals surface area contributed by atoms with Gasteiger partial charge in [-0.1, -0.05) is 26.1 Å². The lowest BCUT2D eigenvalue weighted by atomic mass is 9.96. The minimum Gasteiger partial charge on any atom is -0.370 e. The van der Waals surface area contributed by atoms with E-state index in [1.54, 1.807) is 7.11 Å². The Kier molecular flexibility index (Phi) is 4.64. The van der Waals surface area contributed by atoms with E-state index in [0.29, 0.717) is 4.64 Å². The predicted molar refractivity (Wildman–Crippen MR) is 71.1 cm³/mol. The van der Waals surface area contributed by atoms with E-state index in [1.807, 2.05) is 6.92 Å². The summed E-state index contributed by atoms with van der Waals surface area (Å²) in [5.41, 5.74) is 0.622. The normalized spacial score (nSPS) is 11.8. The number of nitrogens with zero attached hydrogens (tertiary/aromatic N) is 1. The Bertz CT molecular complexity index is 418. The zero-order valence-corrected chi connectivity index (χ0v) is 12.5. The Labute approximate surface area is 110 Å². The second kappa shape index (κ2) is 5.38. The van der Waals surface area contributed by atoms with E-state index in [2.05, 4.69) is 39.7 Å². The molecule has 0 aliphatic carbocycles. The molecule has 0 aliphatic heterocycles. The van der Waals surface area contributed by atoms with Crippen LogP contribution in [0.15, 0.2) is 4.47 Å². The number of rotatable bonds is 4. The molecular weight excluding hydrogens is 288 g/mol. The molecule has 0 amide bonds. The average Bonchev–Trinajstić information content (AvgIpc) is 2.29. The summed E-state index contributed by atoms with van der Waals surface area (Å²) in [6.45, 7) is 6.14. The van der Waals surface area contributed by atoms with Crippen molar-refractivity contribution in [3.63, 3.8) is 0 Å². The smallest absolute Gasteiger partial charge is 0.144 e. The van der Waals surface area contributed by atoms with Crippen LogP contribution in [0.2, 0.25) is 0 Å². The van der Waals surface area contributed by atoms with Gasteiger partial charge >= 0.3 is 0 Å². The molecule has 90 valence electrons. The molecule has 0 fully saturated rings. The lowest BCUT2D eigenvalue weighted by molar-refractivity contribution is -0.0293. The monoisotopic (exact) mass is 304 g/mol. The minimum atomic E-state index is -0.362. The van der Waals surface area contributed by atoms with Crippen molar-refractivity contribution >= 4 is 28.1 Å². The minimum absolute atomic E-state index is 0.362. The SMILES string of the molecule is CCC(CC)(OC)c1nc(=S)c(Br)c(C)[nH]1. The lowest BCUT2D eigenvalue weighted by Crippen LogP contribution is -2.29. The van der Waals surface area contributed by atoms with Crippen LogP contribution in [-0.4, -0.2) is 17.1 Å². The van der Waals surface area contributed by atoms with Gasteiger partial charge in [0.25, 0.3) is 0 Å². The second-order valence-electron chi connectivity index (χ2n) is 3.74. The maximum atomic E-state index is 5.62. The Hall–Kier alpha value is -0.260. The molecule has 1 rings (SSSR count). The zero-order valence-electron chi connectivity index (χ0n) is 10.1. The number of H-pyrrole nitrogens is 1. The number of hydrogen-bond acceptors (Lipinski definition) is 3. The van der Waals surface area contributed by atoms with Gasteiger partial charge in [0.2, 0.25) is 0 Å². The van der Waals surface area contributed by atoms with E-state index < -0.39 is 0 Å². The first kappa shape index (κ1) is 13.8. The van der Waals surface area contributed by atoms with Gasteiger partial charge < -0.3 is 9.72 Å². The van der Waals surface area contributed by atoms with Gasteiger partial charge in [0, 0.05) is 12.8 Å². The standard InChI is InChI=1S/C11H17BrN2OS/c1-5-11(6-2,15-4)10-13-7(3)8(12)9(16)14-10/h5-6H2,1-4H3,(H,13,14,16). The van der Waals surface area contributed by atoms with Gasteiger partial charge in [-0.2, -0.15) is 0 Å². The highest BCUT2D eigenvalue weighted by atomic mass is 79.9. The van der Waals surface area contributed by atoms with Gasteiger partial charge in [-0.3, -0.25) is 0 Å². The number of methoxy groups -OCH3 is 1. The fraction of sp³-hybridized carbons (Fsp3) is 0.636. The van der Waals surface area contributed by atoms with Crippen molar-refractivity contribution in [2.45, 2.75) is 39.2 Å². The van der Waals surface area contributed by atoms with Gasteiger partial charge in [-0.25, -0.2) is 4.98 Å². The van der Waals surface area contributed by atoms with E-state index in [1.165, 1.54) is 0 Å². The Morgan fingerprint density at radius 3 is 2.38 bits per heavy atom. The fourth-order valence-corrected chi connectivity index (χ4v) is 2.19. The van der Waals surface area contributed by atoms with Crippen LogP contribution < -0.4 is 0 Å². The van der Waals surface area contributed by atoms with Crippen molar-refractivity contribution in [2.24, 2.45) is 0 Å². The van der Waals surface area contributed by atoms with Crippen molar-refractivity contribution in [1.82, 2.24) is 9.97 Å². The number of aromatic nitrogens is 2. The quantitative estimate of drug-likeness (QED) is 0.858. The molecule has 0 saturated heterocycles. The second-order valence-corrected chi connectivity index (χ2v) is 4.91. The molecule has 3 nitrogen and oxygen atoms in total. The first-order chi connectivity index (χ1) is 7.50. The van der Waals surface area contributed by atoms with Gasteiger partial charge in [0.15, 0.2) is 0 Å². The van der Waals surface area contributed by atoms with Crippen LogP contribution in [0.25, 0.3) is 0 Å². The third-order valence-electron chi connectivity index (χ3n) is 3.00. The molecule has 0 saturated carbocycles. The molecular formula is C11H17BrN2OS. The Morgan fingerprint density at radius 2 is 2.00 bits per heavy atom. The third kappa shape index (κ3) is 2.36. The summed E-state index contributed by atoms with van der Waals surface area (Å²) in [5.74, 6) is 0.811. The van der Waals surface area contributed by atoms with E-state index in [-0.39, 0.29) is 5.60 Å². The number of ether oxygens (including phenoxy) is 1. The maximum Gasteiger partial charge on any atom is 0.144 e. The summed E-state index contributed by atoms with van der Waals surface area (Å²) in [7, 11) is 1.71. The number of aryl methyl sites for hydroxylation is 1. The molecule has 0 radical (unpaired) electrons. The highest BCUT2D eigenvalue weighted by Gasteiger charge is 2.31. The van der Waals surface area contributed by atoms with Crippen LogP contribution in [-0.2, 0) is 10.3 Å². The topological polar surface area (TPSA) is 37.9 Å². The molecule has 0 aliphatic rings. The van der Waals surface area contributed by atoms with Crippen LogP contribution in [0, 0.1) is 11.6 Å². The van der Waals surface area contributed by atoms with Crippen LogP contribution >= 0.6 is 28.1 Å².